The fourth-order valence-electron chi connectivity index (χ4n) is 3.85. The van der Waals surface area contributed by atoms with E-state index in [4.69, 9.17) is 9.72 Å². The fourth-order valence-corrected chi connectivity index (χ4v) is 3.85. The van der Waals surface area contributed by atoms with E-state index in [2.05, 4.69) is 46.4 Å². The van der Waals surface area contributed by atoms with Gasteiger partial charge in [-0.25, -0.2) is 9.37 Å². The van der Waals surface area contributed by atoms with E-state index in [0.29, 0.717) is 12.6 Å². The van der Waals surface area contributed by atoms with Gasteiger partial charge >= 0.3 is 0 Å². The number of anilines is 3. The van der Waals surface area contributed by atoms with Crippen molar-refractivity contribution in [3.63, 3.8) is 0 Å². The zero-order valence-corrected chi connectivity index (χ0v) is 16.9. The third kappa shape index (κ3) is 3.93. The van der Waals surface area contributed by atoms with Crippen LogP contribution < -0.4 is 10.2 Å². The number of fused-ring (bicyclic) bond motifs is 1. The van der Waals surface area contributed by atoms with Gasteiger partial charge in [0, 0.05) is 30.6 Å². The van der Waals surface area contributed by atoms with Crippen LogP contribution in [0.1, 0.15) is 28.4 Å². The molecule has 1 atom stereocenters. The number of rotatable bonds is 5. The van der Waals surface area contributed by atoms with Crippen LogP contribution in [-0.2, 0) is 11.2 Å². The van der Waals surface area contributed by atoms with E-state index in [1.165, 1.54) is 23.3 Å². The highest BCUT2D eigenvalue weighted by atomic mass is 19.1. The van der Waals surface area contributed by atoms with E-state index >= 15 is 0 Å². The predicted molar refractivity (Wildman–Crippen MR) is 113 cm³/mol. The van der Waals surface area contributed by atoms with Crippen LogP contribution in [0.3, 0.4) is 0 Å². The van der Waals surface area contributed by atoms with Gasteiger partial charge in [-0.3, -0.25) is 0 Å². The average molecular weight is 392 g/mol. The van der Waals surface area contributed by atoms with Gasteiger partial charge < -0.3 is 15.0 Å². The van der Waals surface area contributed by atoms with Crippen molar-refractivity contribution < 1.29 is 9.13 Å². The Morgan fingerprint density at radius 1 is 1.10 bits per heavy atom. The van der Waals surface area contributed by atoms with Crippen LogP contribution in [0.15, 0.2) is 48.5 Å². The summed E-state index contributed by atoms with van der Waals surface area (Å²) in [6.07, 6.45) is 0.958. The number of aryl methyl sites for hydroxylation is 1. The topological polar surface area (TPSA) is 50.3 Å². The zero-order chi connectivity index (χ0) is 20.4. The highest BCUT2D eigenvalue weighted by molar-refractivity contribution is 5.59. The first-order valence-corrected chi connectivity index (χ1v) is 9.78. The quantitative estimate of drug-likeness (QED) is 0.680. The van der Waals surface area contributed by atoms with Crippen LogP contribution in [0, 0.1) is 19.7 Å². The number of halogens is 1. The van der Waals surface area contributed by atoms with Gasteiger partial charge in [0.1, 0.15) is 11.6 Å². The molecule has 150 valence electrons. The summed E-state index contributed by atoms with van der Waals surface area (Å²) in [5, 5.41) is 3.20. The number of hydrogen-bond acceptors (Lipinski definition) is 5. The van der Waals surface area contributed by atoms with E-state index in [1.54, 1.807) is 19.2 Å². The molecule has 2 heterocycles. The average Bonchev–Trinajstić information content (AvgIpc) is 2.73. The predicted octanol–water partition coefficient (Wildman–Crippen LogP) is 4.73. The molecule has 29 heavy (non-hydrogen) atoms. The van der Waals surface area contributed by atoms with Gasteiger partial charge in [-0.05, 0) is 55.7 Å². The fraction of sp³-hybridized carbons (Fsp3) is 0.304. The number of aromatic nitrogens is 2. The maximum absolute atomic E-state index is 13.2. The summed E-state index contributed by atoms with van der Waals surface area (Å²) in [6, 6.07) is 14.8. The van der Waals surface area contributed by atoms with Gasteiger partial charge in [0.25, 0.3) is 0 Å². The van der Waals surface area contributed by atoms with Crippen LogP contribution in [0.2, 0.25) is 0 Å². The first kappa shape index (κ1) is 19.3. The van der Waals surface area contributed by atoms with Gasteiger partial charge in [-0.1, -0.05) is 24.3 Å². The Morgan fingerprint density at radius 3 is 2.62 bits per heavy atom. The number of ether oxygens (including phenoxy) is 1. The number of nitrogens with one attached hydrogen (secondary N) is 1. The van der Waals surface area contributed by atoms with Crippen molar-refractivity contribution in [3.05, 3.63) is 76.7 Å². The Balaban J connectivity index is 1.71. The minimum absolute atomic E-state index is 0.0941. The monoisotopic (exact) mass is 392 g/mol. The number of methoxy groups -OCH3 is 1. The third-order valence-corrected chi connectivity index (χ3v) is 5.47. The van der Waals surface area contributed by atoms with Crippen molar-refractivity contribution in [2.75, 3.05) is 30.5 Å². The Hall–Kier alpha value is -2.99. The molecular weight excluding hydrogens is 367 g/mol. The summed E-state index contributed by atoms with van der Waals surface area (Å²) in [4.78, 5) is 11.7. The molecule has 0 fully saturated rings. The molecule has 3 aromatic rings. The zero-order valence-electron chi connectivity index (χ0n) is 16.9. The first-order valence-electron chi connectivity index (χ1n) is 9.78. The molecule has 0 spiro atoms. The van der Waals surface area contributed by atoms with Crippen molar-refractivity contribution in [1.29, 1.82) is 0 Å². The molecule has 0 saturated heterocycles. The largest absolute Gasteiger partial charge is 0.382 e. The Labute approximate surface area is 170 Å². The molecular formula is C23H25FN4O. The number of benzene rings is 2. The van der Waals surface area contributed by atoms with Crippen molar-refractivity contribution in [2.24, 2.45) is 0 Å². The second-order valence-corrected chi connectivity index (χ2v) is 7.33. The molecule has 1 unspecified atom stereocenters. The number of nitrogens with zero attached hydrogens (tertiary/aromatic N) is 3. The molecule has 0 radical (unpaired) electrons. The lowest BCUT2D eigenvalue weighted by Crippen LogP contribution is -2.39. The molecule has 0 bridgehead atoms. The Kier molecular flexibility index (Phi) is 5.45. The summed E-state index contributed by atoms with van der Waals surface area (Å²) >= 11 is 0. The molecule has 1 aromatic heterocycles. The van der Waals surface area contributed by atoms with Crippen LogP contribution in [-0.4, -0.2) is 30.2 Å². The Bertz CT molecular complexity index is 1010. The molecule has 0 aliphatic carbocycles. The van der Waals surface area contributed by atoms with E-state index in [0.717, 1.165) is 35.7 Å². The summed E-state index contributed by atoms with van der Waals surface area (Å²) in [6.45, 7) is 5.48. The molecule has 1 N–H and O–H groups in total. The van der Waals surface area contributed by atoms with Crippen LogP contribution in [0.25, 0.3) is 0 Å². The lowest BCUT2D eigenvalue weighted by atomic mass is 9.92. The minimum Gasteiger partial charge on any atom is -0.382 e. The smallest absolute Gasteiger partial charge is 0.229 e. The molecule has 6 heteroatoms. The second-order valence-electron chi connectivity index (χ2n) is 7.33. The molecule has 2 aromatic carbocycles. The van der Waals surface area contributed by atoms with Crippen LogP contribution in [0.5, 0.6) is 0 Å². The van der Waals surface area contributed by atoms with Crippen LogP contribution >= 0.6 is 0 Å². The summed E-state index contributed by atoms with van der Waals surface area (Å²) in [7, 11) is 1.73. The van der Waals surface area contributed by atoms with E-state index in [1.807, 2.05) is 6.92 Å². The number of hydrogen-bond donors (Lipinski definition) is 1. The Morgan fingerprint density at radius 2 is 1.86 bits per heavy atom. The van der Waals surface area contributed by atoms with Gasteiger partial charge in [0.2, 0.25) is 5.95 Å². The summed E-state index contributed by atoms with van der Waals surface area (Å²) < 4.78 is 18.8. The minimum atomic E-state index is -0.272. The molecule has 5 nitrogen and oxygen atoms in total. The van der Waals surface area contributed by atoms with Crippen molar-refractivity contribution in [3.8, 4) is 0 Å². The lowest BCUT2D eigenvalue weighted by molar-refractivity contribution is 0.174. The highest BCUT2D eigenvalue weighted by Gasteiger charge is 2.30. The van der Waals surface area contributed by atoms with Gasteiger partial charge in [0.15, 0.2) is 0 Å². The van der Waals surface area contributed by atoms with Gasteiger partial charge in [-0.2, -0.15) is 4.98 Å². The summed E-state index contributed by atoms with van der Waals surface area (Å²) in [5.41, 5.74) is 5.35. The maximum Gasteiger partial charge on any atom is 0.229 e. The molecule has 0 saturated carbocycles. The SMILES string of the molecule is COCC1c2ccccc2CCN1c1nc(Nc2ccc(F)cc2)nc(C)c1C. The van der Waals surface area contributed by atoms with E-state index in [9.17, 15) is 4.39 Å². The van der Waals surface area contributed by atoms with Crippen molar-refractivity contribution in [1.82, 2.24) is 9.97 Å². The first-order chi connectivity index (χ1) is 14.1. The maximum atomic E-state index is 13.2. The van der Waals surface area contributed by atoms with E-state index in [-0.39, 0.29) is 11.9 Å². The summed E-state index contributed by atoms with van der Waals surface area (Å²) in [5.74, 6) is 1.13. The normalized spacial score (nSPS) is 15.9. The van der Waals surface area contributed by atoms with E-state index < -0.39 is 0 Å². The molecule has 1 aliphatic rings. The van der Waals surface area contributed by atoms with Crippen LogP contribution in [0.4, 0.5) is 21.8 Å². The van der Waals surface area contributed by atoms with Gasteiger partial charge in [-0.15, -0.1) is 0 Å². The third-order valence-electron chi connectivity index (χ3n) is 5.47. The molecule has 1 aliphatic heterocycles. The standard InChI is InChI=1S/C23H25FN4O/c1-15-16(2)25-23(26-19-10-8-18(24)9-11-19)27-22(15)28-13-12-17-6-4-5-7-20(17)21(28)14-29-3/h4-11,21H,12-14H2,1-3H3,(H,25,26,27). The lowest BCUT2D eigenvalue weighted by Gasteiger charge is -2.38. The second kappa shape index (κ2) is 8.17. The molecule has 0 amide bonds. The highest BCUT2D eigenvalue weighted by Crippen LogP contribution is 2.35. The van der Waals surface area contributed by atoms with Crippen molar-refractivity contribution >= 4 is 17.5 Å². The van der Waals surface area contributed by atoms with Crippen molar-refractivity contribution in [2.45, 2.75) is 26.3 Å². The molecule has 4 rings (SSSR count). The van der Waals surface area contributed by atoms with Gasteiger partial charge in [0.05, 0.1) is 12.6 Å².